The van der Waals surface area contributed by atoms with E-state index in [0.29, 0.717) is 12.0 Å². The SMILES string of the molecule is CCCNC1CCC(N2C(=O)C3CC(C)CC3C2=O)CC1. The molecule has 2 amide bonds. The first-order valence-electron chi connectivity index (χ1n) is 8.72. The van der Waals surface area contributed by atoms with Gasteiger partial charge in [-0.15, -0.1) is 0 Å². The molecule has 1 aliphatic heterocycles. The van der Waals surface area contributed by atoms with Gasteiger partial charge in [-0.2, -0.15) is 0 Å². The van der Waals surface area contributed by atoms with Crippen LogP contribution in [0, 0.1) is 17.8 Å². The molecule has 3 fully saturated rings. The number of nitrogens with zero attached hydrogens (tertiary/aromatic N) is 1. The lowest BCUT2D eigenvalue weighted by molar-refractivity contribution is -0.144. The Kier molecular flexibility index (Phi) is 4.34. The third-order valence-electron chi connectivity index (χ3n) is 5.65. The standard InChI is InChI=1S/C17H28N2O2/c1-3-8-18-12-4-6-13(7-5-12)19-16(20)14-9-11(2)10-15(14)17(19)21/h11-15,18H,3-10H2,1-2H3. The summed E-state index contributed by atoms with van der Waals surface area (Å²) in [5, 5.41) is 3.56. The van der Waals surface area contributed by atoms with Gasteiger partial charge in [-0.1, -0.05) is 13.8 Å². The molecule has 4 heteroatoms. The predicted octanol–water partition coefficient (Wildman–Crippen LogP) is 2.33. The van der Waals surface area contributed by atoms with Gasteiger partial charge in [0.05, 0.1) is 11.8 Å². The molecule has 118 valence electrons. The van der Waals surface area contributed by atoms with Crippen LogP contribution in [0.25, 0.3) is 0 Å². The summed E-state index contributed by atoms with van der Waals surface area (Å²) in [5.41, 5.74) is 0. The minimum Gasteiger partial charge on any atom is -0.314 e. The smallest absolute Gasteiger partial charge is 0.233 e. The summed E-state index contributed by atoms with van der Waals surface area (Å²) >= 11 is 0. The third-order valence-corrected chi connectivity index (χ3v) is 5.65. The molecule has 2 unspecified atom stereocenters. The minimum absolute atomic E-state index is 0.00319. The predicted molar refractivity (Wildman–Crippen MR) is 81.6 cm³/mol. The van der Waals surface area contributed by atoms with E-state index in [1.165, 1.54) is 0 Å². The molecule has 2 aliphatic carbocycles. The number of fused-ring (bicyclic) bond motifs is 1. The number of amides is 2. The molecule has 3 rings (SSSR count). The van der Waals surface area contributed by atoms with Gasteiger partial charge >= 0.3 is 0 Å². The first-order chi connectivity index (χ1) is 10.1. The zero-order valence-corrected chi connectivity index (χ0v) is 13.3. The molecule has 0 aromatic heterocycles. The molecule has 1 heterocycles. The number of rotatable bonds is 4. The zero-order chi connectivity index (χ0) is 15.0. The van der Waals surface area contributed by atoms with Crippen molar-refractivity contribution in [1.82, 2.24) is 10.2 Å². The van der Waals surface area contributed by atoms with Crippen LogP contribution in [0.2, 0.25) is 0 Å². The first kappa shape index (κ1) is 15.0. The number of imide groups is 1. The lowest BCUT2D eigenvalue weighted by Gasteiger charge is -2.34. The Morgan fingerprint density at radius 1 is 1.05 bits per heavy atom. The lowest BCUT2D eigenvalue weighted by atomic mass is 9.90. The summed E-state index contributed by atoms with van der Waals surface area (Å²) < 4.78 is 0. The number of nitrogens with one attached hydrogen (secondary N) is 1. The van der Waals surface area contributed by atoms with E-state index in [0.717, 1.165) is 51.5 Å². The maximum Gasteiger partial charge on any atom is 0.233 e. The molecule has 1 saturated heterocycles. The van der Waals surface area contributed by atoms with Crippen LogP contribution >= 0.6 is 0 Å². The number of hydrogen-bond acceptors (Lipinski definition) is 3. The van der Waals surface area contributed by atoms with Gasteiger partial charge in [0, 0.05) is 12.1 Å². The van der Waals surface area contributed by atoms with Gasteiger partial charge in [-0.3, -0.25) is 14.5 Å². The van der Waals surface area contributed by atoms with Crippen LogP contribution in [0.5, 0.6) is 0 Å². The highest BCUT2D eigenvalue weighted by atomic mass is 16.2. The number of likely N-dealkylation sites (tertiary alicyclic amines) is 1. The molecule has 2 atom stereocenters. The van der Waals surface area contributed by atoms with E-state index in [1.54, 1.807) is 4.90 Å². The Labute approximate surface area is 127 Å². The molecular formula is C17H28N2O2. The van der Waals surface area contributed by atoms with Crippen LogP contribution in [0.4, 0.5) is 0 Å². The fourth-order valence-electron chi connectivity index (χ4n) is 4.55. The van der Waals surface area contributed by atoms with Crippen molar-refractivity contribution < 1.29 is 9.59 Å². The van der Waals surface area contributed by atoms with Gasteiger partial charge < -0.3 is 5.32 Å². The van der Waals surface area contributed by atoms with Crippen molar-refractivity contribution in [2.45, 2.75) is 70.9 Å². The molecule has 2 saturated carbocycles. The van der Waals surface area contributed by atoms with Gasteiger partial charge in [0.2, 0.25) is 11.8 Å². The van der Waals surface area contributed by atoms with Crippen LogP contribution in [-0.4, -0.2) is 35.3 Å². The molecule has 21 heavy (non-hydrogen) atoms. The second-order valence-corrected chi connectivity index (χ2v) is 7.30. The summed E-state index contributed by atoms with van der Waals surface area (Å²) in [5.74, 6) is 0.814. The van der Waals surface area contributed by atoms with Gasteiger partial charge in [0.25, 0.3) is 0 Å². The van der Waals surface area contributed by atoms with Crippen LogP contribution in [0.3, 0.4) is 0 Å². The molecule has 1 N–H and O–H groups in total. The second kappa shape index (κ2) is 6.07. The lowest BCUT2D eigenvalue weighted by Crippen LogP contribution is -2.46. The van der Waals surface area contributed by atoms with Crippen LogP contribution in [-0.2, 0) is 9.59 Å². The Morgan fingerprint density at radius 3 is 2.14 bits per heavy atom. The van der Waals surface area contributed by atoms with E-state index in [2.05, 4.69) is 19.2 Å². The topological polar surface area (TPSA) is 49.4 Å². The second-order valence-electron chi connectivity index (χ2n) is 7.30. The molecule has 4 nitrogen and oxygen atoms in total. The van der Waals surface area contributed by atoms with E-state index in [1.807, 2.05) is 0 Å². The zero-order valence-electron chi connectivity index (χ0n) is 13.3. The summed E-state index contributed by atoms with van der Waals surface area (Å²) in [4.78, 5) is 26.8. The first-order valence-corrected chi connectivity index (χ1v) is 8.72. The summed E-state index contributed by atoms with van der Waals surface area (Å²) in [7, 11) is 0. The van der Waals surface area contributed by atoms with Crippen molar-refractivity contribution in [3.8, 4) is 0 Å². The Morgan fingerprint density at radius 2 is 1.62 bits per heavy atom. The highest BCUT2D eigenvalue weighted by Crippen LogP contribution is 2.44. The third kappa shape index (κ3) is 2.75. The minimum atomic E-state index is 0.00319. The normalized spacial score (nSPS) is 39.9. The van der Waals surface area contributed by atoms with Crippen molar-refractivity contribution >= 4 is 11.8 Å². The van der Waals surface area contributed by atoms with Gasteiger partial charge in [0.15, 0.2) is 0 Å². The number of carbonyl (C=O) groups is 2. The van der Waals surface area contributed by atoms with Gasteiger partial charge in [-0.05, 0) is 57.4 Å². The van der Waals surface area contributed by atoms with Crippen molar-refractivity contribution in [2.75, 3.05) is 6.54 Å². The Balaban J connectivity index is 1.59. The number of hydrogen-bond donors (Lipinski definition) is 1. The maximum atomic E-state index is 12.6. The molecule has 0 aromatic carbocycles. The Hall–Kier alpha value is -0.900. The highest BCUT2D eigenvalue weighted by molar-refractivity contribution is 6.05. The molecule has 3 aliphatic rings. The van der Waals surface area contributed by atoms with E-state index in [-0.39, 0.29) is 29.7 Å². The summed E-state index contributed by atoms with van der Waals surface area (Å²) in [6.45, 7) is 5.41. The average Bonchev–Trinajstić information content (AvgIpc) is 2.97. The summed E-state index contributed by atoms with van der Waals surface area (Å²) in [6, 6.07) is 0.749. The van der Waals surface area contributed by atoms with Crippen LogP contribution in [0.15, 0.2) is 0 Å². The molecule has 0 radical (unpaired) electrons. The van der Waals surface area contributed by atoms with Crippen molar-refractivity contribution in [1.29, 1.82) is 0 Å². The Bertz CT molecular complexity index is 391. The average molecular weight is 292 g/mol. The molecule has 0 aromatic rings. The van der Waals surface area contributed by atoms with Gasteiger partial charge in [-0.25, -0.2) is 0 Å². The fraction of sp³-hybridized carbons (Fsp3) is 0.882. The molecular weight excluding hydrogens is 264 g/mol. The van der Waals surface area contributed by atoms with Crippen molar-refractivity contribution in [2.24, 2.45) is 17.8 Å². The van der Waals surface area contributed by atoms with E-state index >= 15 is 0 Å². The maximum absolute atomic E-state index is 12.6. The monoisotopic (exact) mass is 292 g/mol. The van der Waals surface area contributed by atoms with E-state index in [9.17, 15) is 9.59 Å². The largest absolute Gasteiger partial charge is 0.314 e. The quantitative estimate of drug-likeness (QED) is 0.809. The number of carbonyl (C=O) groups excluding carboxylic acids is 2. The van der Waals surface area contributed by atoms with Crippen molar-refractivity contribution in [3.05, 3.63) is 0 Å². The summed E-state index contributed by atoms with van der Waals surface area (Å²) in [6.07, 6.45) is 7.13. The van der Waals surface area contributed by atoms with E-state index < -0.39 is 0 Å². The highest BCUT2D eigenvalue weighted by Gasteiger charge is 2.53. The molecule has 0 bridgehead atoms. The van der Waals surface area contributed by atoms with Crippen molar-refractivity contribution in [3.63, 3.8) is 0 Å². The van der Waals surface area contributed by atoms with E-state index in [4.69, 9.17) is 0 Å². The van der Waals surface area contributed by atoms with Gasteiger partial charge in [0.1, 0.15) is 0 Å². The van der Waals surface area contributed by atoms with Crippen LogP contribution < -0.4 is 5.32 Å². The van der Waals surface area contributed by atoms with Crippen LogP contribution in [0.1, 0.15) is 58.8 Å². The fourth-order valence-corrected chi connectivity index (χ4v) is 4.55. The molecule has 0 spiro atoms.